The van der Waals surface area contributed by atoms with E-state index < -0.39 is 0 Å². The highest BCUT2D eigenvalue weighted by molar-refractivity contribution is 5.92. The molecule has 0 atom stereocenters. The van der Waals surface area contributed by atoms with Crippen LogP contribution in [0, 0.1) is 20.8 Å². The van der Waals surface area contributed by atoms with Crippen LogP contribution in [-0.4, -0.2) is 27.3 Å². The lowest BCUT2D eigenvalue weighted by atomic mass is 10.1. The average molecular weight is 350 g/mol. The van der Waals surface area contributed by atoms with Gasteiger partial charge in [0.25, 0.3) is 5.91 Å². The van der Waals surface area contributed by atoms with E-state index in [2.05, 4.69) is 15.4 Å². The summed E-state index contributed by atoms with van der Waals surface area (Å²) >= 11 is 0. The molecule has 0 aliphatic carbocycles. The van der Waals surface area contributed by atoms with Gasteiger partial charge in [0.1, 0.15) is 18.4 Å². The molecule has 26 heavy (non-hydrogen) atoms. The smallest absolute Gasteiger partial charge is 0.262 e. The van der Waals surface area contributed by atoms with Crippen molar-refractivity contribution in [2.75, 3.05) is 11.9 Å². The first-order valence-corrected chi connectivity index (χ1v) is 8.43. The van der Waals surface area contributed by atoms with Crippen molar-refractivity contribution in [2.45, 2.75) is 27.3 Å². The lowest BCUT2D eigenvalue weighted by Gasteiger charge is -2.13. The number of aryl methyl sites for hydroxylation is 3. The summed E-state index contributed by atoms with van der Waals surface area (Å²) in [6.45, 7) is 6.59. The van der Waals surface area contributed by atoms with Gasteiger partial charge in [0.15, 0.2) is 6.61 Å². The SMILES string of the molecule is Cc1cc(C)c(OCC(=O)Nc2cccc(Cn3cncn3)c2)c(C)c1. The van der Waals surface area contributed by atoms with E-state index in [0.29, 0.717) is 6.54 Å². The van der Waals surface area contributed by atoms with Crippen LogP contribution in [-0.2, 0) is 11.3 Å². The molecule has 3 aromatic rings. The Labute approximate surface area is 152 Å². The Morgan fingerprint density at radius 2 is 1.92 bits per heavy atom. The molecule has 0 fully saturated rings. The number of ether oxygens (including phenoxy) is 1. The van der Waals surface area contributed by atoms with Crippen LogP contribution in [0.5, 0.6) is 5.75 Å². The second kappa shape index (κ2) is 7.82. The highest BCUT2D eigenvalue weighted by atomic mass is 16.5. The van der Waals surface area contributed by atoms with E-state index in [4.69, 9.17) is 4.74 Å². The van der Waals surface area contributed by atoms with Crippen LogP contribution in [0.15, 0.2) is 49.1 Å². The summed E-state index contributed by atoms with van der Waals surface area (Å²) in [6.07, 6.45) is 3.16. The number of hydrogen-bond acceptors (Lipinski definition) is 4. The second-order valence-electron chi connectivity index (χ2n) is 6.36. The maximum absolute atomic E-state index is 12.2. The van der Waals surface area contributed by atoms with E-state index in [1.165, 1.54) is 11.9 Å². The van der Waals surface area contributed by atoms with Crippen molar-refractivity contribution in [1.29, 1.82) is 0 Å². The number of amides is 1. The van der Waals surface area contributed by atoms with E-state index in [9.17, 15) is 4.79 Å². The third kappa shape index (κ3) is 4.47. The first-order chi connectivity index (χ1) is 12.5. The molecule has 1 aromatic heterocycles. The van der Waals surface area contributed by atoms with Gasteiger partial charge in [-0.25, -0.2) is 9.67 Å². The molecule has 1 heterocycles. The van der Waals surface area contributed by atoms with E-state index in [0.717, 1.165) is 28.1 Å². The van der Waals surface area contributed by atoms with Crippen molar-refractivity contribution in [3.8, 4) is 5.75 Å². The number of aromatic nitrogens is 3. The summed E-state index contributed by atoms with van der Waals surface area (Å²) in [7, 11) is 0. The molecule has 0 aliphatic heterocycles. The van der Waals surface area contributed by atoms with Crippen LogP contribution in [0.1, 0.15) is 22.3 Å². The molecule has 1 amide bonds. The minimum Gasteiger partial charge on any atom is -0.483 e. The predicted molar refractivity (Wildman–Crippen MR) is 100 cm³/mol. The van der Waals surface area contributed by atoms with Crippen molar-refractivity contribution in [2.24, 2.45) is 0 Å². The topological polar surface area (TPSA) is 69.0 Å². The summed E-state index contributed by atoms with van der Waals surface area (Å²) < 4.78 is 7.47. The molecule has 3 rings (SSSR count). The number of nitrogens with zero attached hydrogens (tertiary/aromatic N) is 3. The van der Waals surface area contributed by atoms with E-state index in [1.54, 1.807) is 11.0 Å². The minimum absolute atomic E-state index is 0.0297. The average Bonchev–Trinajstić information content (AvgIpc) is 3.07. The first kappa shape index (κ1) is 17.7. The normalized spacial score (nSPS) is 10.6. The fraction of sp³-hybridized carbons (Fsp3) is 0.250. The number of benzene rings is 2. The Kier molecular flexibility index (Phi) is 5.31. The molecule has 1 N–H and O–H groups in total. The number of carbonyl (C=O) groups is 1. The Bertz CT molecular complexity index is 881. The fourth-order valence-electron chi connectivity index (χ4n) is 2.98. The van der Waals surface area contributed by atoms with Crippen molar-refractivity contribution in [3.05, 3.63) is 71.3 Å². The van der Waals surface area contributed by atoms with Gasteiger partial charge < -0.3 is 10.1 Å². The predicted octanol–water partition coefficient (Wildman–Crippen LogP) is 3.27. The van der Waals surface area contributed by atoms with Crippen molar-refractivity contribution >= 4 is 11.6 Å². The van der Waals surface area contributed by atoms with E-state index in [1.807, 2.05) is 57.2 Å². The van der Waals surface area contributed by atoms with Gasteiger partial charge in [-0.05, 0) is 49.6 Å². The summed E-state index contributed by atoms with van der Waals surface area (Å²) in [6, 6.07) is 11.7. The van der Waals surface area contributed by atoms with Gasteiger partial charge in [-0.3, -0.25) is 4.79 Å². The zero-order valence-corrected chi connectivity index (χ0v) is 15.2. The van der Waals surface area contributed by atoms with Gasteiger partial charge in [0.05, 0.1) is 6.54 Å². The monoisotopic (exact) mass is 350 g/mol. The highest BCUT2D eigenvalue weighted by Crippen LogP contribution is 2.24. The molecule has 0 radical (unpaired) electrons. The molecule has 6 nitrogen and oxygen atoms in total. The van der Waals surface area contributed by atoms with Gasteiger partial charge in [-0.1, -0.05) is 29.8 Å². The lowest BCUT2D eigenvalue weighted by molar-refractivity contribution is -0.118. The minimum atomic E-state index is -0.192. The van der Waals surface area contributed by atoms with Crippen LogP contribution >= 0.6 is 0 Å². The number of hydrogen-bond donors (Lipinski definition) is 1. The first-order valence-electron chi connectivity index (χ1n) is 8.43. The molecular formula is C20H22N4O2. The van der Waals surface area contributed by atoms with Crippen molar-refractivity contribution in [1.82, 2.24) is 14.8 Å². The van der Waals surface area contributed by atoms with Crippen molar-refractivity contribution < 1.29 is 9.53 Å². The van der Waals surface area contributed by atoms with Crippen LogP contribution in [0.3, 0.4) is 0 Å². The molecule has 0 bridgehead atoms. The van der Waals surface area contributed by atoms with Crippen molar-refractivity contribution in [3.63, 3.8) is 0 Å². The van der Waals surface area contributed by atoms with Gasteiger partial charge >= 0.3 is 0 Å². The Morgan fingerprint density at radius 1 is 1.15 bits per heavy atom. The molecule has 0 saturated carbocycles. The summed E-state index contributed by atoms with van der Waals surface area (Å²) in [5, 5.41) is 6.96. The Balaban J connectivity index is 1.60. The van der Waals surface area contributed by atoms with Gasteiger partial charge in [-0.15, -0.1) is 0 Å². The second-order valence-corrected chi connectivity index (χ2v) is 6.36. The molecule has 0 aliphatic rings. The van der Waals surface area contributed by atoms with Crippen LogP contribution in [0.4, 0.5) is 5.69 Å². The van der Waals surface area contributed by atoms with E-state index in [-0.39, 0.29) is 12.5 Å². The van der Waals surface area contributed by atoms with E-state index >= 15 is 0 Å². The third-order valence-electron chi connectivity index (χ3n) is 3.97. The van der Waals surface area contributed by atoms with Gasteiger partial charge in [0.2, 0.25) is 0 Å². The zero-order valence-electron chi connectivity index (χ0n) is 15.2. The molecule has 2 aromatic carbocycles. The van der Waals surface area contributed by atoms with Crippen LogP contribution < -0.4 is 10.1 Å². The quantitative estimate of drug-likeness (QED) is 0.741. The number of carbonyl (C=O) groups excluding carboxylic acids is 1. The largest absolute Gasteiger partial charge is 0.483 e. The zero-order chi connectivity index (χ0) is 18.5. The number of nitrogens with one attached hydrogen (secondary N) is 1. The summed E-state index contributed by atoms with van der Waals surface area (Å²) in [5.41, 5.74) is 5.00. The van der Waals surface area contributed by atoms with Crippen LogP contribution in [0.2, 0.25) is 0 Å². The molecule has 0 saturated heterocycles. The molecule has 0 spiro atoms. The number of anilines is 1. The van der Waals surface area contributed by atoms with Crippen LogP contribution in [0.25, 0.3) is 0 Å². The summed E-state index contributed by atoms with van der Waals surface area (Å²) in [4.78, 5) is 16.2. The third-order valence-corrected chi connectivity index (χ3v) is 3.97. The molecule has 0 unspecified atom stereocenters. The summed E-state index contributed by atoms with van der Waals surface area (Å²) in [5.74, 6) is 0.577. The standard InChI is InChI=1S/C20H22N4O2/c1-14-7-15(2)20(16(3)8-14)26-11-19(25)23-18-6-4-5-17(9-18)10-24-13-21-12-22-24/h4-9,12-13H,10-11H2,1-3H3,(H,23,25). The molecular weight excluding hydrogens is 328 g/mol. The Morgan fingerprint density at radius 3 is 2.62 bits per heavy atom. The maximum atomic E-state index is 12.2. The number of rotatable bonds is 6. The maximum Gasteiger partial charge on any atom is 0.262 e. The fourth-order valence-corrected chi connectivity index (χ4v) is 2.98. The van der Waals surface area contributed by atoms with Gasteiger partial charge in [-0.2, -0.15) is 5.10 Å². The lowest BCUT2D eigenvalue weighted by Crippen LogP contribution is -2.20. The highest BCUT2D eigenvalue weighted by Gasteiger charge is 2.09. The van der Waals surface area contributed by atoms with Gasteiger partial charge in [0, 0.05) is 5.69 Å². The Hall–Kier alpha value is -3.15. The molecule has 6 heteroatoms. The molecule has 134 valence electrons.